The Balaban J connectivity index is 3.97. The van der Waals surface area contributed by atoms with E-state index in [1.165, 1.54) is 302 Å². The summed E-state index contributed by atoms with van der Waals surface area (Å²) in [5.41, 5.74) is 0. The topological polar surface area (TPSA) is 57.5 Å². The summed E-state index contributed by atoms with van der Waals surface area (Å²) in [7, 11) is -3.79. The molecular weight excluding hydrogens is 728 g/mol. The molecular formula is C54H111O3P. The zero-order chi connectivity index (χ0) is 42.1. The Bertz CT molecular complexity index is 744. The summed E-state index contributed by atoms with van der Waals surface area (Å²) in [5.74, 6) is 0.998. The first kappa shape index (κ1) is 58.1. The fourth-order valence-corrected chi connectivity index (χ4v) is 10.1. The van der Waals surface area contributed by atoms with Crippen LogP contribution < -0.4 is 0 Å². The molecule has 3 nitrogen and oxygen atoms in total. The number of hydrogen-bond acceptors (Lipinski definition) is 1. The van der Waals surface area contributed by atoms with Crippen LogP contribution in [0.1, 0.15) is 335 Å². The summed E-state index contributed by atoms with van der Waals surface area (Å²) < 4.78 is 10.9. The van der Waals surface area contributed by atoms with Crippen LogP contribution in [-0.4, -0.2) is 15.9 Å². The largest absolute Gasteiger partial charge is 0.325 e. The first-order chi connectivity index (χ1) is 28.5. The molecule has 350 valence electrons. The molecule has 2 N–H and O–H groups in total. The van der Waals surface area contributed by atoms with Crippen molar-refractivity contribution in [1.29, 1.82) is 0 Å². The SMILES string of the molecule is CCCCCCCCCCCCCCCCCCC(CCCCCCCCCCCCCCCCCC)CCCCCCCCCCCCCCCCCP(=O)(O)O. The molecule has 0 bridgehead atoms. The van der Waals surface area contributed by atoms with Crippen molar-refractivity contribution in [2.24, 2.45) is 5.92 Å². The second-order valence-electron chi connectivity index (χ2n) is 19.5. The minimum absolute atomic E-state index is 0.0622. The van der Waals surface area contributed by atoms with E-state index < -0.39 is 7.60 Å². The summed E-state index contributed by atoms with van der Waals surface area (Å²) >= 11 is 0. The van der Waals surface area contributed by atoms with Crippen LogP contribution in [0.2, 0.25) is 0 Å². The van der Waals surface area contributed by atoms with E-state index in [0.29, 0.717) is 6.42 Å². The first-order valence-corrected chi connectivity index (χ1v) is 29.3. The number of unbranched alkanes of at least 4 members (excludes halogenated alkanes) is 44. The van der Waals surface area contributed by atoms with Crippen LogP contribution >= 0.6 is 7.60 Å². The molecule has 0 saturated heterocycles. The molecule has 58 heavy (non-hydrogen) atoms. The van der Waals surface area contributed by atoms with Crippen molar-refractivity contribution in [2.75, 3.05) is 6.16 Å². The van der Waals surface area contributed by atoms with E-state index in [2.05, 4.69) is 13.8 Å². The maximum Gasteiger partial charge on any atom is 0.325 e. The van der Waals surface area contributed by atoms with Crippen LogP contribution in [0.15, 0.2) is 0 Å². The van der Waals surface area contributed by atoms with E-state index in [1.807, 2.05) is 0 Å². The third-order valence-electron chi connectivity index (χ3n) is 13.5. The van der Waals surface area contributed by atoms with Gasteiger partial charge in [-0.25, -0.2) is 0 Å². The van der Waals surface area contributed by atoms with Gasteiger partial charge in [0.2, 0.25) is 0 Å². The predicted octanol–water partition coefficient (Wildman–Crippen LogP) is 20.3. The van der Waals surface area contributed by atoms with Gasteiger partial charge in [-0.1, -0.05) is 328 Å². The van der Waals surface area contributed by atoms with Gasteiger partial charge < -0.3 is 9.79 Å². The molecule has 0 atom stereocenters. The highest BCUT2D eigenvalue weighted by Gasteiger charge is 2.11. The number of rotatable bonds is 52. The van der Waals surface area contributed by atoms with E-state index in [0.717, 1.165) is 18.8 Å². The van der Waals surface area contributed by atoms with E-state index >= 15 is 0 Å². The molecule has 0 unspecified atom stereocenters. The van der Waals surface area contributed by atoms with Crippen LogP contribution in [0, 0.1) is 5.92 Å². The van der Waals surface area contributed by atoms with Crippen LogP contribution in [0.3, 0.4) is 0 Å². The van der Waals surface area contributed by atoms with Crippen molar-refractivity contribution < 1.29 is 14.4 Å². The monoisotopic (exact) mass is 839 g/mol. The Hall–Kier alpha value is 0.150. The Morgan fingerprint density at radius 1 is 0.259 bits per heavy atom. The molecule has 0 spiro atoms. The molecule has 0 fully saturated rings. The lowest BCUT2D eigenvalue weighted by Crippen LogP contribution is -2.01. The lowest BCUT2D eigenvalue weighted by atomic mass is 9.89. The Kier molecular flexibility index (Phi) is 49.9. The average molecular weight is 839 g/mol. The summed E-state index contributed by atoms with van der Waals surface area (Å²) in [6.07, 6.45) is 71.0. The van der Waals surface area contributed by atoms with Crippen LogP contribution in [-0.2, 0) is 4.57 Å². The van der Waals surface area contributed by atoms with Gasteiger partial charge >= 0.3 is 7.60 Å². The lowest BCUT2D eigenvalue weighted by molar-refractivity contribution is 0.365. The van der Waals surface area contributed by atoms with Gasteiger partial charge in [-0.3, -0.25) is 4.57 Å². The third-order valence-corrected chi connectivity index (χ3v) is 14.4. The third kappa shape index (κ3) is 52.3. The van der Waals surface area contributed by atoms with Crippen LogP contribution in [0.25, 0.3) is 0 Å². The van der Waals surface area contributed by atoms with Crippen molar-refractivity contribution in [1.82, 2.24) is 0 Å². The Morgan fingerprint density at radius 3 is 0.586 bits per heavy atom. The van der Waals surface area contributed by atoms with E-state index in [4.69, 9.17) is 9.79 Å². The molecule has 0 aromatic rings. The Labute approximate surface area is 367 Å². The van der Waals surface area contributed by atoms with E-state index in [1.54, 1.807) is 0 Å². The normalized spacial score (nSPS) is 12.1. The molecule has 0 heterocycles. The van der Waals surface area contributed by atoms with E-state index in [9.17, 15) is 4.57 Å². The van der Waals surface area contributed by atoms with Crippen molar-refractivity contribution in [3.05, 3.63) is 0 Å². The van der Waals surface area contributed by atoms with Crippen LogP contribution in [0.5, 0.6) is 0 Å². The second-order valence-corrected chi connectivity index (χ2v) is 21.3. The maximum atomic E-state index is 10.9. The second kappa shape index (κ2) is 49.8. The molecule has 0 aromatic carbocycles. The molecule has 0 aliphatic carbocycles. The molecule has 4 heteroatoms. The van der Waals surface area contributed by atoms with Crippen molar-refractivity contribution in [3.63, 3.8) is 0 Å². The summed E-state index contributed by atoms with van der Waals surface area (Å²) in [5, 5.41) is 0. The fourth-order valence-electron chi connectivity index (χ4n) is 9.44. The fraction of sp³-hybridized carbons (Fsp3) is 1.00. The maximum absolute atomic E-state index is 10.9. The highest BCUT2D eigenvalue weighted by molar-refractivity contribution is 7.51. The van der Waals surface area contributed by atoms with Gasteiger partial charge in [-0.2, -0.15) is 0 Å². The van der Waals surface area contributed by atoms with Crippen LogP contribution in [0.4, 0.5) is 0 Å². The highest BCUT2D eigenvalue weighted by Crippen LogP contribution is 2.35. The number of hydrogen-bond donors (Lipinski definition) is 2. The van der Waals surface area contributed by atoms with Crippen molar-refractivity contribution >= 4 is 7.60 Å². The zero-order valence-electron chi connectivity index (χ0n) is 40.4. The zero-order valence-corrected chi connectivity index (χ0v) is 41.3. The summed E-state index contributed by atoms with van der Waals surface area (Å²) in [6.45, 7) is 4.63. The molecule has 0 amide bonds. The smallest absolute Gasteiger partial charge is 0.324 e. The van der Waals surface area contributed by atoms with Gasteiger partial charge in [-0.05, 0) is 12.3 Å². The lowest BCUT2D eigenvalue weighted by Gasteiger charge is -2.17. The van der Waals surface area contributed by atoms with Gasteiger partial charge in [0.1, 0.15) is 0 Å². The van der Waals surface area contributed by atoms with Gasteiger partial charge in [0, 0.05) is 6.16 Å². The minimum atomic E-state index is -3.79. The predicted molar refractivity (Wildman–Crippen MR) is 263 cm³/mol. The first-order valence-electron chi connectivity index (χ1n) is 27.5. The molecule has 0 aliphatic rings. The van der Waals surface area contributed by atoms with Gasteiger partial charge in [0.25, 0.3) is 0 Å². The minimum Gasteiger partial charge on any atom is -0.324 e. The standard InChI is InChI=1S/C54H111O3P/c1-3-5-7-9-11-13-15-17-19-22-26-30-34-38-42-46-50-54(51-47-43-39-35-31-27-23-20-18-16-14-12-10-8-6-4-2)52-48-44-40-36-32-28-24-21-25-29-33-37-41-45-49-53-58(55,56)57/h54H,3-53H2,1-2H3,(H2,55,56,57). The van der Waals surface area contributed by atoms with Gasteiger partial charge in [-0.15, -0.1) is 0 Å². The molecule has 0 aliphatic heterocycles. The summed E-state index contributed by atoms with van der Waals surface area (Å²) in [6, 6.07) is 0. The van der Waals surface area contributed by atoms with E-state index in [-0.39, 0.29) is 6.16 Å². The summed E-state index contributed by atoms with van der Waals surface area (Å²) in [4.78, 5) is 17.9. The molecule has 0 saturated carbocycles. The Morgan fingerprint density at radius 2 is 0.414 bits per heavy atom. The van der Waals surface area contributed by atoms with Crippen molar-refractivity contribution in [3.8, 4) is 0 Å². The quantitative estimate of drug-likeness (QED) is 0.0474. The van der Waals surface area contributed by atoms with Crippen molar-refractivity contribution in [2.45, 2.75) is 335 Å². The van der Waals surface area contributed by atoms with Gasteiger partial charge in [0.15, 0.2) is 0 Å². The molecule has 0 aromatic heterocycles. The highest BCUT2D eigenvalue weighted by atomic mass is 31.2. The van der Waals surface area contributed by atoms with Gasteiger partial charge in [0.05, 0.1) is 0 Å². The molecule has 0 rings (SSSR count). The molecule has 0 radical (unpaired) electrons. The average Bonchev–Trinajstić information content (AvgIpc) is 3.20.